The van der Waals surface area contributed by atoms with E-state index in [2.05, 4.69) is 4.98 Å². The number of halogens is 4. The van der Waals surface area contributed by atoms with Gasteiger partial charge in [-0.05, 0) is 42.9 Å². The summed E-state index contributed by atoms with van der Waals surface area (Å²) in [5, 5.41) is 10.1. The molecule has 0 N–H and O–H groups in total. The standard InChI is InChI=1S/C19H16ClF3N2S/c20-15-8-5-4-6-12(15)11-26-18-14(10-24)17(19(21,22)23)13-7-2-1-3-9-16(13)25-18/h4-6,8H,1-3,7,9,11H2. The third-order valence-corrected chi connectivity index (χ3v) is 5.80. The summed E-state index contributed by atoms with van der Waals surface area (Å²) in [7, 11) is 0. The summed E-state index contributed by atoms with van der Waals surface area (Å²) >= 11 is 7.26. The summed E-state index contributed by atoms with van der Waals surface area (Å²) in [4.78, 5) is 4.46. The van der Waals surface area contributed by atoms with E-state index in [1.54, 1.807) is 18.2 Å². The fraction of sp³-hybridized carbons (Fsp3) is 0.368. The smallest absolute Gasteiger partial charge is 0.245 e. The molecule has 3 rings (SSSR count). The maximum absolute atomic E-state index is 13.8. The van der Waals surface area contributed by atoms with Gasteiger partial charge >= 0.3 is 6.18 Å². The Balaban J connectivity index is 2.06. The molecule has 1 aromatic heterocycles. The maximum atomic E-state index is 13.8. The van der Waals surface area contributed by atoms with E-state index in [0.717, 1.165) is 30.2 Å². The van der Waals surface area contributed by atoms with Gasteiger partial charge in [0.25, 0.3) is 0 Å². The lowest BCUT2D eigenvalue weighted by Gasteiger charge is -2.19. The van der Waals surface area contributed by atoms with E-state index in [1.807, 2.05) is 12.1 Å². The van der Waals surface area contributed by atoms with Gasteiger partial charge in [0.05, 0.1) is 11.1 Å². The number of hydrogen-bond acceptors (Lipinski definition) is 3. The van der Waals surface area contributed by atoms with E-state index in [4.69, 9.17) is 11.6 Å². The Morgan fingerprint density at radius 3 is 2.58 bits per heavy atom. The number of aromatic nitrogens is 1. The molecule has 1 heterocycles. The van der Waals surface area contributed by atoms with Crippen LogP contribution < -0.4 is 0 Å². The molecular formula is C19H16ClF3N2S. The molecule has 26 heavy (non-hydrogen) atoms. The lowest BCUT2D eigenvalue weighted by atomic mass is 9.97. The lowest BCUT2D eigenvalue weighted by Crippen LogP contribution is -2.16. The van der Waals surface area contributed by atoms with E-state index >= 15 is 0 Å². The zero-order valence-corrected chi connectivity index (χ0v) is 15.4. The molecule has 0 fully saturated rings. The molecule has 0 radical (unpaired) electrons. The van der Waals surface area contributed by atoms with E-state index in [1.165, 1.54) is 0 Å². The molecule has 0 aliphatic heterocycles. The monoisotopic (exact) mass is 396 g/mol. The summed E-state index contributed by atoms with van der Waals surface area (Å²) in [5.41, 5.74) is 0.321. The largest absolute Gasteiger partial charge is 0.418 e. The summed E-state index contributed by atoms with van der Waals surface area (Å²) in [5.74, 6) is 0.359. The molecule has 1 aromatic carbocycles. The first-order valence-corrected chi connectivity index (χ1v) is 9.67. The predicted molar refractivity (Wildman–Crippen MR) is 96.2 cm³/mol. The van der Waals surface area contributed by atoms with Crippen molar-refractivity contribution in [3.8, 4) is 6.07 Å². The Kier molecular flexibility index (Phi) is 5.79. The Morgan fingerprint density at radius 1 is 1.15 bits per heavy atom. The number of pyridine rings is 1. The number of thioether (sulfide) groups is 1. The number of hydrogen-bond donors (Lipinski definition) is 0. The molecule has 1 aliphatic carbocycles. The minimum atomic E-state index is -4.57. The molecule has 136 valence electrons. The number of nitriles is 1. The molecule has 0 amide bonds. The number of rotatable bonds is 3. The molecule has 2 nitrogen and oxygen atoms in total. The van der Waals surface area contributed by atoms with Gasteiger partial charge in [0.2, 0.25) is 0 Å². The van der Waals surface area contributed by atoms with Crippen LogP contribution in [0.2, 0.25) is 5.02 Å². The quantitative estimate of drug-likeness (QED) is 0.458. The van der Waals surface area contributed by atoms with Crippen LogP contribution in [0.5, 0.6) is 0 Å². The molecular weight excluding hydrogens is 381 g/mol. The molecule has 0 saturated heterocycles. The fourth-order valence-electron chi connectivity index (χ4n) is 3.18. The fourth-order valence-corrected chi connectivity index (χ4v) is 4.47. The Hall–Kier alpha value is -1.71. The van der Waals surface area contributed by atoms with Crippen molar-refractivity contribution in [3.05, 3.63) is 57.2 Å². The van der Waals surface area contributed by atoms with Crippen LogP contribution in [0.3, 0.4) is 0 Å². The van der Waals surface area contributed by atoms with Gasteiger partial charge in [-0.25, -0.2) is 4.98 Å². The molecule has 0 atom stereocenters. The van der Waals surface area contributed by atoms with E-state index in [-0.39, 0.29) is 16.2 Å². The first-order chi connectivity index (χ1) is 12.4. The first kappa shape index (κ1) is 19.1. The molecule has 2 aromatic rings. The second kappa shape index (κ2) is 7.89. The van der Waals surface area contributed by atoms with E-state index < -0.39 is 11.7 Å². The van der Waals surface area contributed by atoms with Gasteiger partial charge in [0.1, 0.15) is 11.1 Å². The van der Waals surface area contributed by atoms with Crippen LogP contribution in [-0.2, 0) is 24.8 Å². The van der Waals surface area contributed by atoms with Crippen LogP contribution in [0.25, 0.3) is 0 Å². The van der Waals surface area contributed by atoms with Gasteiger partial charge < -0.3 is 0 Å². The summed E-state index contributed by atoms with van der Waals surface area (Å²) in [6, 6.07) is 8.91. The van der Waals surface area contributed by atoms with Crippen molar-refractivity contribution in [2.75, 3.05) is 0 Å². The molecule has 0 spiro atoms. The minimum absolute atomic E-state index is 0.139. The van der Waals surface area contributed by atoms with Gasteiger partial charge in [-0.15, -0.1) is 11.8 Å². The first-order valence-electron chi connectivity index (χ1n) is 8.31. The zero-order valence-electron chi connectivity index (χ0n) is 13.9. The van der Waals surface area contributed by atoms with Gasteiger partial charge in [-0.2, -0.15) is 18.4 Å². The number of benzene rings is 1. The van der Waals surface area contributed by atoms with Crippen molar-refractivity contribution in [1.29, 1.82) is 5.26 Å². The average Bonchev–Trinajstić information content (AvgIpc) is 2.83. The number of nitrogens with zero attached hydrogens (tertiary/aromatic N) is 2. The van der Waals surface area contributed by atoms with Gasteiger partial charge in [0, 0.05) is 16.5 Å². The van der Waals surface area contributed by atoms with Crippen molar-refractivity contribution in [2.24, 2.45) is 0 Å². The summed E-state index contributed by atoms with van der Waals surface area (Å²) in [6.07, 6.45) is -1.35. The minimum Gasteiger partial charge on any atom is -0.245 e. The summed E-state index contributed by atoms with van der Waals surface area (Å²) in [6.45, 7) is 0. The predicted octanol–water partition coefficient (Wildman–Crippen LogP) is 6.19. The molecule has 1 aliphatic rings. The highest BCUT2D eigenvalue weighted by molar-refractivity contribution is 7.98. The number of fused-ring (bicyclic) bond motifs is 1. The SMILES string of the molecule is N#Cc1c(SCc2ccccc2Cl)nc2c(c1C(F)(F)F)CCCCC2. The number of aryl methyl sites for hydroxylation is 1. The number of alkyl halides is 3. The third-order valence-electron chi connectivity index (χ3n) is 4.41. The second-order valence-corrected chi connectivity index (χ2v) is 7.51. The molecule has 0 unspecified atom stereocenters. The van der Waals surface area contributed by atoms with Crippen LogP contribution in [0, 0.1) is 11.3 Å². The van der Waals surface area contributed by atoms with E-state index in [9.17, 15) is 18.4 Å². The normalized spacial score (nSPS) is 14.4. The van der Waals surface area contributed by atoms with Crippen molar-refractivity contribution in [1.82, 2.24) is 4.98 Å². The van der Waals surface area contributed by atoms with Crippen LogP contribution >= 0.6 is 23.4 Å². The van der Waals surface area contributed by atoms with E-state index in [0.29, 0.717) is 35.7 Å². The van der Waals surface area contributed by atoms with Crippen molar-refractivity contribution in [2.45, 2.75) is 49.1 Å². The van der Waals surface area contributed by atoms with Gasteiger partial charge in [-0.1, -0.05) is 36.2 Å². The van der Waals surface area contributed by atoms with Crippen LogP contribution in [0.1, 0.15) is 47.2 Å². The van der Waals surface area contributed by atoms with Gasteiger partial charge in [0.15, 0.2) is 0 Å². The summed E-state index contributed by atoms with van der Waals surface area (Å²) < 4.78 is 41.3. The molecule has 0 saturated carbocycles. The van der Waals surface area contributed by atoms with Gasteiger partial charge in [-0.3, -0.25) is 0 Å². The van der Waals surface area contributed by atoms with Crippen molar-refractivity contribution < 1.29 is 13.2 Å². The Morgan fingerprint density at radius 2 is 1.88 bits per heavy atom. The topological polar surface area (TPSA) is 36.7 Å². The lowest BCUT2D eigenvalue weighted by molar-refractivity contribution is -0.138. The second-order valence-electron chi connectivity index (χ2n) is 6.14. The molecule has 0 bridgehead atoms. The third kappa shape index (κ3) is 3.99. The average molecular weight is 397 g/mol. The molecule has 7 heteroatoms. The van der Waals surface area contributed by atoms with Crippen molar-refractivity contribution in [3.63, 3.8) is 0 Å². The highest BCUT2D eigenvalue weighted by atomic mass is 35.5. The van der Waals surface area contributed by atoms with Crippen LogP contribution in [0.15, 0.2) is 29.3 Å². The zero-order chi connectivity index (χ0) is 18.7. The highest BCUT2D eigenvalue weighted by Crippen LogP contribution is 2.41. The van der Waals surface area contributed by atoms with Crippen molar-refractivity contribution >= 4 is 23.4 Å². The van der Waals surface area contributed by atoms with Crippen LogP contribution in [0.4, 0.5) is 13.2 Å². The highest BCUT2D eigenvalue weighted by Gasteiger charge is 2.39. The Bertz CT molecular complexity index is 859. The maximum Gasteiger partial charge on any atom is 0.418 e. The van der Waals surface area contributed by atoms with Crippen LogP contribution in [-0.4, -0.2) is 4.98 Å². The Labute approximate surface area is 159 Å².